The van der Waals surface area contributed by atoms with Crippen molar-refractivity contribution < 1.29 is 9.84 Å². The lowest BCUT2D eigenvalue weighted by atomic mass is 9.99. The highest BCUT2D eigenvalue weighted by Crippen LogP contribution is 2.52. The number of nitrogens with zero attached hydrogens (tertiary/aromatic N) is 2. The van der Waals surface area contributed by atoms with E-state index in [9.17, 15) is 5.11 Å². The van der Waals surface area contributed by atoms with Crippen molar-refractivity contribution in [3.8, 4) is 28.4 Å². The Morgan fingerprint density at radius 2 is 1.89 bits per heavy atom. The number of benzene rings is 2. The van der Waals surface area contributed by atoms with Crippen molar-refractivity contribution in [1.82, 2.24) is 10.3 Å². The number of fused-ring (bicyclic) bond motifs is 2. The molecule has 5 rings (SSSR count). The van der Waals surface area contributed by atoms with Crippen molar-refractivity contribution in [1.29, 1.82) is 0 Å². The molecule has 0 bridgehead atoms. The van der Waals surface area contributed by atoms with Crippen LogP contribution in [0.25, 0.3) is 11.1 Å². The molecule has 2 aliphatic rings. The third-order valence-electron chi connectivity index (χ3n) is 5.33. The Bertz CT molecular complexity index is 969. The first-order valence-electron chi connectivity index (χ1n) is 9.35. The largest absolute Gasteiger partial charge is 0.504 e. The van der Waals surface area contributed by atoms with E-state index in [4.69, 9.17) is 4.74 Å². The number of aromatic nitrogens is 1. The summed E-state index contributed by atoms with van der Waals surface area (Å²) in [6, 6.07) is 16.2. The number of phenols is 1. The van der Waals surface area contributed by atoms with Gasteiger partial charge in [-0.3, -0.25) is 4.98 Å². The zero-order valence-corrected chi connectivity index (χ0v) is 14.9. The van der Waals surface area contributed by atoms with Crippen molar-refractivity contribution in [2.45, 2.75) is 18.9 Å². The van der Waals surface area contributed by atoms with Gasteiger partial charge in [0.2, 0.25) is 0 Å². The summed E-state index contributed by atoms with van der Waals surface area (Å²) in [7, 11) is 0. The van der Waals surface area contributed by atoms with Crippen LogP contribution in [0.5, 0.6) is 17.2 Å². The van der Waals surface area contributed by atoms with Crippen LogP contribution < -0.4 is 15.0 Å². The van der Waals surface area contributed by atoms with Gasteiger partial charge >= 0.3 is 0 Å². The molecule has 2 aromatic carbocycles. The smallest absolute Gasteiger partial charge is 0.192 e. The molecule has 0 amide bonds. The monoisotopic (exact) mass is 359 g/mol. The van der Waals surface area contributed by atoms with Gasteiger partial charge in [0.05, 0.1) is 11.4 Å². The number of hydrogen-bond donors (Lipinski definition) is 2. The van der Waals surface area contributed by atoms with Crippen LogP contribution in [0.4, 0.5) is 11.4 Å². The number of nitrogens with one attached hydrogen (secondary N) is 1. The molecular weight excluding hydrogens is 338 g/mol. The number of phenolic OH excluding ortho intramolecular Hbond substituents is 1. The van der Waals surface area contributed by atoms with Gasteiger partial charge in [0, 0.05) is 24.0 Å². The molecule has 5 nitrogen and oxygen atoms in total. The second-order valence-electron chi connectivity index (χ2n) is 7.00. The molecule has 5 heteroatoms. The number of aromatic hydroxyl groups is 1. The number of hydrogen-bond acceptors (Lipinski definition) is 5. The number of para-hydroxylation sites is 1. The first-order chi connectivity index (χ1) is 13.3. The lowest BCUT2D eigenvalue weighted by molar-refractivity contribution is 0.394. The van der Waals surface area contributed by atoms with E-state index in [1.54, 1.807) is 12.3 Å². The van der Waals surface area contributed by atoms with E-state index < -0.39 is 0 Å². The third-order valence-corrected chi connectivity index (χ3v) is 5.33. The molecule has 0 saturated carbocycles. The van der Waals surface area contributed by atoms with E-state index in [0.29, 0.717) is 11.8 Å². The first kappa shape index (κ1) is 16.1. The predicted molar refractivity (Wildman–Crippen MR) is 106 cm³/mol. The Labute approximate surface area is 158 Å². The molecule has 136 valence electrons. The van der Waals surface area contributed by atoms with Crippen LogP contribution in [-0.4, -0.2) is 29.2 Å². The SMILES string of the molecule is Oc1cccc2c1Oc1cc(-c3cccnc3)ccc1N2C1CCNCC1. The molecule has 1 saturated heterocycles. The molecule has 0 atom stereocenters. The molecule has 1 fully saturated rings. The first-order valence-corrected chi connectivity index (χ1v) is 9.35. The predicted octanol–water partition coefficient (Wildman–Crippen LogP) is 4.45. The van der Waals surface area contributed by atoms with E-state index in [1.165, 1.54) is 0 Å². The Hall–Kier alpha value is -3.05. The Morgan fingerprint density at radius 3 is 2.70 bits per heavy atom. The number of anilines is 2. The molecule has 3 heterocycles. The summed E-state index contributed by atoms with van der Waals surface area (Å²) in [6.45, 7) is 2.00. The Morgan fingerprint density at radius 1 is 1.00 bits per heavy atom. The van der Waals surface area contributed by atoms with Crippen LogP contribution in [0, 0.1) is 0 Å². The maximum atomic E-state index is 10.4. The molecule has 0 spiro atoms. The van der Waals surface area contributed by atoms with Crippen molar-refractivity contribution in [3.05, 3.63) is 60.9 Å². The minimum atomic E-state index is 0.170. The van der Waals surface area contributed by atoms with Gasteiger partial charge < -0.3 is 20.1 Å². The molecule has 2 N–H and O–H groups in total. The van der Waals surface area contributed by atoms with Gasteiger partial charge in [0.15, 0.2) is 17.2 Å². The van der Waals surface area contributed by atoms with E-state index in [1.807, 2.05) is 36.5 Å². The van der Waals surface area contributed by atoms with Gasteiger partial charge in [0.1, 0.15) is 0 Å². The minimum Gasteiger partial charge on any atom is -0.504 e. The van der Waals surface area contributed by atoms with Crippen molar-refractivity contribution in [2.75, 3.05) is 18.0 Å². The molecule has 3 aromatic rings. The zero-order chi connectivity index (χ0) is 18.2. The quantitative estimate of drug-likeness (QED) is 0.708. The third kappa shape index (κ3) is 2.80. The summed E-state index contributed by atoms with van der Waals surface area (Å²) in [4.78, 5) is 6.55. The van der Waals surface area contributed by atoms with E-state index in [2.05, 4.69) is 27.3 Å². The van der Waals surface area contributed by atoms with Crippen molar-refractivity contribution >= 4 is 11.4 Å². The number of ether oxygens (including phenoxy) is 1. The fraction of sp³-hybridized carbons (Fsp3) is 0.227. The van der Waals surface area contributed by atoms with E-state index in [0.717, 1.165) is 54.2 Å². The summed E-state index contributed by atoms with van der Waals surface area (Å²) in [5.74, 6) is 1.47. The number of pyridine rings is 1. The highest BCUT2D eigenvalue weighted by Gasteiger charge is 2.32. The maximum Gasteiger partial charge on any atom is 0.192 e. The van der Waals surface area contributed by atoms with Crippen LogP contribution in [0.15, 0.2) is 60.9 Å². The van der Waals surface area contributed by atoms with Crippen LogP contribution >= 0.6 is 0 Å². The molecule has 2 aliphatic heterocycles. The topological polar surface area (TPSA) is 57.6 Å². The van der Waals surface area contributed by atoms with Crippen molar-refractivity contribution in [3.63, 3.8) is 0 Å². The lowest BCUT2D eigenvalue weighted by Crippen LogP contribution is -2.41. The fourth-order valence-electron chi connectivity index (χ4n) is 4.01. The Kier molecular flexibility index (Phi) is 3.94. The Balaban J connectivity index is 1.63. The molecule has 0 aliphatic carbocycles. The average molecular weight is 359 g/mol. The van der Waals surface area contributed by atoms with Crippen LogP contribution in [0.1, 0.15) is 12.8 Å². The standard InChI is InChI=1S/C22H21N3O2/c26-20-5-1-4-19-22(20)27-21-13-15(16-3-2-10-24-14-16)6-7-18(21)25(19)17-8-11-23-12-9-17/h1-7,10,13-14,17,23,26H,8-9,11-12H2. The summed E-state index contributed by atoms with van der Waals surface area (Å²) in [5, 5.41) is 13.8. The highest BCUT2D eigenvalue weighted by molar-refractivity contribution is 5.83. The number of piperidine rings is 1. The van der Waals surface area contributed by atoms with Gasteiger partial charge in [-0.05, 0) is 61.8 Å². The van der Waals surface area contributed by atoms with Gasteiger partial charge in [-0.1, -0.05) is 18.2 Å². The average Bonchev–Trinajstić information content (AvgIpc) is 2.73. The summed E-state index contributed by atoms with van der Waals surface area (Å²) in [6.07, 6.45) is 5.73. The molecular formula is C22H21N3O2. The molecule has 0 radical (unpaired) electrons. The van der Waals surface area contributed by atoms with Gasteiger partial charge in [-0.25, -0.2) is 0 Å². The summed E-state index contributed by atoms with van der Waals surface area (Å²) in [5.41, 5.74) is 4.07. The second-order valence-corrected chi connectivity index (χ2v) is 7.00. The zero-order valence-electron chi connectivity index (χ0n) is 14.9. The molecule has 0 unspecified atom stereocenters. The summed E-state index contributed by atoms with van der Waals surface area (Å²) >= 11 is 0. The minimum absolute atomic E-state index is 0.170. The normalized spacial score (nSPS) is 16.4. The van der Waals surface area contributed by atoms with Crippen LogP contribution in [-0.2, 0) is 0 Å². The molecule has 27 heavy (non-hydrogen) atoms. The fourth-order valence-corrected chi connectivity index (χ4v) is 4.01. The number of rotatable bonds is 2. The highest BCUT2D eigenvalue weighted by atomic mass is 16.5. The second kappa shape index (κ2) is 6.59. The van der Waals surface area contributed by atoms with E-state index >= 15 is 0 Å². The lowest BCUT2D eigenvalue weighted by Gasteiger charge is -2.40. The van der Waals surface area contributed by atoms with Crippen LogP contribution in [0.3, 0.4) is 0 Å². The van der Waals surface area contributed by atoms with Gasteiger partial charge in [0.25, 0.3) is 0 Å². The maximum absolute atomic E-state index is 10.4. The van der Waals surface area contributed by atoms with Gasteiger partial charge in [-0.2, -0.15) is 0 Å². The van der Waals surface area contributed by atoms with Gasteiger partial charge in [-0.15, -0.1) is 0 Å². The molecule has 1 aromatic heterocycles. The summed E-state index contributed by atoms with van der Waals surface area (Å²) < 4.78 is 6.16. The van der Waals surface area contributed by atoms with E-state index in [-0.39, 0.29) is 5.75 Å². The van der Waals surface area contributed by atoms with Crippen molar-refractivity contribution in [2.24, 2.45) is 0 Å². The van der Waals surface area contributed by atoms with Crippen LogP contribution in [0.2, 0.25) is 0 Å².